The average molecular weight is 283 g/mol. The van der Waals surface area contributed by atoms with Crippen LogP contribution in [0.3, 0.4) is 0 Å². The summed E-state index contributed by atoms with van der Waals surface area (Å²) >= 11 is 0. The predicted molar refractivity (Wildman–Crippen MR) is 59.8 cm³/mol. The molecule has 0 saturated carbocycles. The Hall–Kier alpha value is -1.21. The Morgan fingerprint density at radius 1 is 1.16 bits per heavy atom. The Balaban J connectivity index is 2.25. The monoisotopic (exact) mass is 283 g/mol. The topological polar surface area (TPSA) is 21.3 Å². The maximum absolute atomic E-state index is 12.4. The van der Waals surface area contributed by atoms with Crippen LogP contribution >= 0.6 is 0 Å². The second kappa shape index (κ2) is 6.29. The molecule has 0 aliphatic heterocycles. The minimum absolute atomic E-state index is 0.0976. The van der Waals surface area contributed by atoms with Crippen molar-refractivity contribution in [3.8, 4) is 0 Å². The minimum Gasteiger partial charge on any atom is -0.312 e. The highest BCUT2D eigenvalue weighted by Gasteiger charge is 2.59. The molecule has 1 rings (SSSR count). The van der Waals surface area contributed by atoms with Crippen LogP contribution in [0.1, 0.15) is 11.1 Å². The van der Waals surface area contributed by atoms with Gasteiger partial charge in [-0.05, 0) is 12.5 Å². The van der Waals surface area contributed by atoms with Crippen molar-refractivity contribution < 1.29 is 26.7 Å². The van der Waals surface area contributed by atoms with Crippen molar-refractivity contribution in [3.05, 3.63) is 35.4 Å². The Bertz CT molecular complexity index is 405. The van der Waals surface area contributed by atoms with E-state index in [9.17, 15) is 22.0 Å². The molecule has 0 aliphatic rings. The number of ether oxygens (including phenoxy) is 1. The molecule has 0 saturated heterocycles. The van der Waals surface area contributed by atoms with Gasteiger partial charge in [0.05, 0.1) is 6.61 Å². The zero-order valence-electron chi connectivity index (χ0n) is 10.2. The summed E-state index contributed by atoms with van der Waals surface area (Å²) < 4.78 is 63.5. The molecule has 0 atom stereocenters. The Morgan fingerprint density at radius 3 is 2.42 bits per heavy atom. The number of halogens is 5. The van der Waals surface area contributed by atoms with Gasteiger partial charge in [-0.15, -0.1) is 0 Å². The zero-order chi connectivity index (χ0) is 14.5. The van der Waals surface area contributed by atoms with Crippen LogP contribution in [-0.2, 0) is 11.3 Å². The Labute approximate surface area is 107 Å². The van der Waals surface area contributed by atoms with E-state index in [0.717, 1.165) is 11.1 Å². The van der Waals surface area contributed by atoms with Crippen LogP contribution in [0, 0.1) is 6.92 Å². The van der Waals surface area contributed by atoms with Gasteiger partial charge in [-0.2, -0.15) is 22.0 Å². The number of hydrogen-bond acceptors (Lipinski definition) is 2. The third-order valence-corrected chi connectivity index (χ3v) is 2.30. The third kappa shape index (κ3) is 5.12. The molecule has 0 fully saturated rings. The van der Waals surface area contributed by atoms with E-state index in [0.29, 0.717) is 6.54 Å². The van der Waals surface area contributed by atoms with E-state index in [1.807, 2.05) is 31.2 Å². The van der Waals surface area contributed by atoms with Crippen LogP contribution in [-0.4, -0.2) is 25.4 Å². The zero-order valence-corrected chi connectivity index (χ0v) is 10.2. The van der Waals surface area contributed by atoms with Crippen molar-refractivity contribution in [2.45, 2.75) is 25.8 Å². The first kappa shape index (κ1) is 15.8. The molecule has 19 heavy (non-hydrogen) atoms. The molecular weight excluding hydrogens is 269 g/mol. The van der Waals surface area contributed by atoms with Crippen molar-refractivity contribution in [3.63, 3.8) is 0 Å². The summed E-state index contributed by atoms with van der Waals surface area (Å²) in [5.41, 5.74) is 1.96. The fourth-order valence-corrected chi connectivity index (χ4v) is 1.39. The number of rotatable bonds is 6. The summed E-state index contributed by atoms with van der Waals surface area (Å²) in [5.74, 6) is 0. The Kier molecular flexibility index (Phi) is 5.25. The van der Waals surface area contributed by atoms with E-state index < -0.39 is 18.9 Å². The van der Waals surface area contributed by atoms with Crippen molar-refractivity contribution >= 4 is 0 Å². The van der Waals surface area contributed by atoms with Crippen molar-refractivity contribution in [1.82, 2.24) is 5.32 Å². The third-order valence-electron chi connectivity index (χ3n) is 2.30. The summed E-state index contributed by atoms with van der Waals surface area (Å²) in [7, 11) is 0. The number of nitrogens with one attached hydrogen (secondary N) is 1. The fourth-order valence-electron chi connectivity index (χ4n) is 1.39. The second-order valence-corrected chi connectivity index (χ2v) is 4.03. The van der Waals surface area contributed by atoms with Gasteiger partial charge in [-0.3, -0.25) is 0 Å². The molecule has 0 radical (unpaired) electrons. The number of alkyl halides is 5. The van der Waals surface area contributed by atoms with Gasteiger partial charge in [-0.25, -0.2) is 0 Å². The summed E-state index contributed by atoms with van der Waals surface area (Å²) in [5, 5.41) is 2.73. The molecule has 0 spiro atoms. The molecule has 2 nitrogen and oxygen atoms in total. The SMILES string of the molecule is Cc1cccc(CNCCOC(F)(F)C(F)(F)F)c1. The first-order valence-electron chi connectivity index (χ1n) is 5.57. The first-order valence-corrected chi connectivity index (χ1v) is 5.57. The van der Waals surface area contributed by atoms with E-state index in [2.05, 4.69) is 10.1 Å². The maximum Gasteiger partial charge on any atom is 0.482 e. The smallest absolute Gasteiger partial charge is 0.312 e. The van der Waals surface area contributed by atoms with Gasteiger partial charge in [0.1, 0.15) is 0 Å². The molecule has 0 amide bonds. The lowest BCUT2D eigenvalue weighted by Crippen LogP contribution is -2.40. The minimum atomic E-state index is -5.68. The average Bonchev–Trinajstić information content (AvgIpc) is 2.27. The molecule has 7 heteroatoms. The standard InChI is InChI=1S/C12H14F5NO/c1-9-3-2-4-10(7-9)8-18-5-6-19-12(16,17)11(13,14)15/h2-4,7,18H,5-6,8H2,1H3. The van der Waals surface area contributed by atoms with Gasteiger partial charge in [0, 0.05) is 13.1 Å². The molecular formula is C12H14F5NO. The highest BCUT2D eigenvalue weighted by molar-refractivity contribution is 5.21. The Morgan fingerprint density at radius 2 is 1.84 bits per heavy atom. The molecule has 1 aromatic carbocycles. The van der Waals surface area contributed by atoms with E-state index in [4.69, 9.17) is 0 Å². The largest absolute Gasteiger partial charge is 0.482 e. The van der Waals surface area contributed by atoms with E-state index in [-0.39, 0.29) is 6.54 Å². The molecule has 108 valence electrons. The van der Waals surface area contributed by atoms with E-state index >= 15 is 0 Å². The van der Waals surface area contributed by atoms with Crippen LogP contribution in [0.15, 0.2) is 24.3 Å². The fraction of sp³-hybridized carbons (Fsp3) is 0.500. The quantitative estimate of drug-likeness (QED) is 0.639. The molecule has 0 aliphatic carbocycles. The van der Waals surface area contributed by atoms with Crippen LogP contribution in [0.5, 0.6) is 0 Å². The highest BCUT2D eigenvalue weighted by Crippen LogP contribution is 2.35. The molecule has 1 aromatic rings. The first-order chi connectivity index (χ1) is 8.72. The maximum atomic E-state index is 12.4. The second-order valence-electron chi connectivity index (χ2n) is 4.03. The molecule has 0 aromatic heterocycles. The van der Waals surface area contributed by atoms with E-state index in [1.54, 1.807) is 0 Å². The lowest BCUT2D eigenvalue weighted by Gasteiger charge is -2.19. The molecule has 0 bridgehead atoms. The molecule has 0 unspecified atom stereocenters. The van der Waals surface area contributed by atoms with Gasteiger partial charge in [0.25, 0.3) is 0 Å². The normalized spacial score (nSPS) is 12.7. The highest BCUT2D eigenvalue weighted by atomic mass is 19.4. The molecule has 0 heterocycles. The number of aryl methyl sites for hydroxylation is 1. The summed E-state index contributed by atoms with van der Waals surface area (Å²) in [6, 6.07) is 7.44. The van der Waals surface area contributed by atoms with Gasteiger partial charge in [0.15, 0.2) is 0 Å². The number of hydrogen-bond donors (Lipinski definition) is 1. The van der Waals surface area contributed by atoms with Gasteiger partial charge < -0.3 is 10.1 Å². The van der Waals surface area contributed by atoms with Gasteiger partial charge in [0.2, 0.25) is 0 Å². The summed E-state index contributed by atoms with van der Waals surface area (Å²) in [6.07, 6.45) is -10.8. The number of benzene rings is 1. The van der Waals surface area contributed by atoms with Crippen molar-refractivity contribution in [2.24, 2.45) is 0 Å². The summed E-state index contributed by atoms with van der Waals surface area (Å²) in [6.45, 7) is 1.46. The summed E-state index contributed by atoms with van der Waals surface area (Å²) in [4.78, 5) is 0. The van der Waals surface area contributed by atoms with Crippen molar-refractivity contribution in [1.29, 1.82) is 0 Å². The molecule has 1 N–H and O–H groups in total. The van der Waals surface area contributed by atoms with Crippen LogP contribution in [0.2, 0.25) is 0 Å². The van der Waals surface area contributed by atoms with Gasteiger partial charge in [-0.1, -0.05) is 29.8 Å². The predicted octanol–water partition coefficient (Wildman–Crippen LogP) is 3.26. The van der Waals surface area contributed by atoms with Crippen molar-refractivity contribution in [2.75, 3.05) is 13.2 Å². The lowest BCUT2D eigenvalue weighted by atomic mass is 10.1. The van der Waals surface area contributed by atoms with E-state index in [1.165, 1.54) is 0 Å². The van der Waals surface area contributed by atoms with Crippen LogP contribution < -0.4 is 5.32 Å². The van der Waals surface area contributed by atoms with Crippen LogP contribution in [0.25, 0.3) is 0 Å². The van der Waals surface area contributed by atoms with Crippen LogP contribution in [0.4, 0.5) is 22.0 Å². The lowest BCUT2D eigenvalue weighted by molar-refractivity contribution is -0.390. The van der Waals surface area contributed by atoms with Gasteiger partial charge >= 0.3 is 12.3 Å².